The van der Waals surface area contributed by atoms with Crippen LogP contribution < -0.4 is 47.2 Å². The fourth-order valence-corrected chi connectivity index (χ4v) is 12.9. The van der Waals surface area contributed by atoms with Gasteiger partial charge in [-0.05, 0) is 110 Å². The highest BCUT2D eigenvalue weighted by Crippen LogP contribution is 2.34. The lowest BCUT2D eigenvalue weighted by molar-refractivity contribution is -0.823. The molecule has 26 nitrogen and oxygen atoms in total. The summed E-state index contributed by atoms with van der Waals surface area (Å²) in [5.41, 5.74) is 19.8. The summed E-state index contributed by atoms with van der Waals surface area (Å²) in [6, 6.07) is 26.2. The van der Waals surface area contributed by atoms with E-state index in [2.05, 4.69) is 70.0 Å². The lowest BCUT2D eigenvalue weighted by atomic mass is 10.00. The minimum Gasteiger partial charge on any atom is -0.858 e. The molecule has 6 unspecified atom stereocenters. The van der Waals surface area contributed by atoms with Crippen LogP contribution in [0.5, 0.6) is 0 Å². The summed E-state index contributed by atoms with van der Waals surface area (Å²) in [6.45, 7) is 9.38. The molecule has 13 rings (SSSR count). The number of hydrogen-bond donors (Lipinski definition) is 7. The molecule has 26 heteroatoms. The molecule has 0 spiro atoms. The number of aromatic nitrogens is 8. The van der Waals surface area contributed by atoms with Crippen molar-refractivity contribution in [3.05, 3.63) is 156 Å². The molecule has 5 aliphatic rings. The van der Waals surface area contributed by atoms with Crippen molar-refractivity contribution >= 4 is 97.5 Å². The van der Waals surface area contributed by atoms with Crippen molar-refractivity contribution in [2.24, 2.45) is 17.6 Å². The van der Waals surface area contributed by atoms with Gasteiger partial charge >= 0.3 is 0 Å². The Labute approximate surface area is 515 Å². The third-order valence-corrected chi connectivity index (χ3v) is 17.3. The maximum atomic E-state index is 14.3. The van der Waals surface area contributed by atoms with Crippen LogP contribution in [0.4, 0.5) is 28.8 Å². The topological polar surface area (TPSA) is 328 Å². The molecule has 8 aromatic rings. The van der Waals surface area contributed by atoms with E-state index in [1.807, 2.05) is 76.4 Å². The fraction of sp³-hybridized carbons (Fsp3) is 0.297. The predicted molar refractivity (Wildman–Crippen MR) is 332 cm³/mol. The van der Waals surface area contributed by atoms with Crippen LogP contribution in [-0.2, 0) is 50.0 Å². The van der Waals surface area contributed by atoms with Crippen LogP contribution >= 0.6 is 0 Å². The number of amides is 6. The number of anilines is 4. The van der Waals surface area contributed by atoms with Gasteiger partial charge < -0.3 is 41.6 Å². The average Bonchev–Trinajstić information content (AvgIpc) is 1.69. The molecule has 0 bridgehead atoms. The van der Waals surface area contributed by atoms with E-state index < -0.39 is 35.7 Å². The third-order valence-electron chi connectivity index (χ3n) is 17.3. The van der Waals surface area contributed by atoms with Gasteiger partial charge in [-0.1, -0.05) is 55.3 Å². The number of rotatable bonds is 15. The lowest BCUT2D eigenvalue weighted by Gasteiger charge is -2.30. The van der Waals surface area contributed by atoms with Gasteiger partial charge in [0, 0.05) is 89.8 Å². The minimum absolute atomic E-state index is 0.00161. The van der Waals surface area contributed by atoms with Crippen molar-refractivity contribution in [3.8, 4) is 11.1 Å². The Bertz CT molecular complexity index is 4350. The van der Waals surface area contributed by atoms with E-state index in [4.69, 9.17) is 16.1 Å². The van der Waals surface area contributed by atoms with Crippen LogP contribution in [0.3, 0.4) is 0 Å². The quantitative estimate of drug-likeness (QED) is 0.0572. The van der Waals surface area contributed by atoms with Crippen LogP contribution in [0, 0.1) is 24.2 Å². The molecule has 0 radical (unpaired) electrons. The highest BCUT2D eigenvalue weighted by atomic mass is 16.3. The summed E-state index contributed by atoms with van der Waals surface area (Å²) in [7, 11) is 0. The predicted octanol–water partition coefficient (Wildman–Crippen LogP) is 3.26. The Kier molecular flexibility index (Phi) is 15.3. The van der Waals surface area contributed by atoms with Crippen LogP contribution in [0.15, 0.2) is 122 Å². The molecule has 458 valence electrons. The first kappa shape index (κ1) is 58.1. The highest BCUT2D eigenvalue weighted by molar-refractivity contribution is 6.06. The number of benzene rings is 3. The van der Waals surface area contributed by atoms with E-state index in [1.165, 1.54) is 25.4 Å². The van der Waals surface area contributed by atoms with Crippen LogP contribution in [0.25, 0.3) is 38.5 Å². The molecule has 5 aromatic heterocycles. The molecular weight excluding hydrogens is 1150 g/mol. The van der Waals surface area contributed by atoms with Gasteiger partial charge in [0.25, 0.3) is 11.7 Å². The standard InChI is InChI=1S/C64H65N19O7/c1-35-20-51(63(89)71-45-22-37(3)70-53(27-45)77-18-15-39-8-5-6-9-43(39)32-77)78(30-35)56(85)33-82-50-14-12-41(25-47(50)59(76-82)61(66)88)44-26-54(73-68-28-44)80-19-16-42(29-69-80)40-11-13-49-46(24-40)58(60(65)87)75-81(49)34-57(86)79-31-36(2)21-52(79)64(90)72-48-10-7-17-67-62(48)83-38(4)23-55(84)74-83/h5-14,16-17,19,22,24-29,35-36,38,51-52,69H,15,18,20-21,23,30-34H2,1-4H3,(H2,65,87)(H2,66,88)(H,72,90)(H,74,84)(H,70,71,89). The monoisotopic (exact) mass is 1210 g/mol. The maximum absolute atomic E-state index is 14.3. The molecule has 8 N–H and O–H groups in total. The highest BCUT2D eigenvalue weighted by Gasteiger charge is 2.41. The van der Waals surface area contributed by atoms with Gasteiger partial charge in [0.05, 0.1) is 41.6 Å². The summed E-state index contributed by atoms with van der Waals surface area (Å²) < 4.78 is 2.84. The number of primary amides is 1. The Morgan fingerprint density at radius 2 is 1.46 bits per heavy atom. The van der Waals surface area contributed by atoms with E-state index in [9.17, 15) is 33.9 Å². The Morgan fingerprint density at radius 3 is 2.12 bits per heavy atom. The number of allylic oxidation sites excluding steroid dienone is 2. The molecular formula is C64H65N19O7. The number of quaternary nitrogens is 1. The number of aryl methyl sites for hydroxylation is 1. The number of hydrazine groups is 1. The first-order valence-corrected chi connectivity index (χ1v) is 29.9. The Morgan fingerprint density at radius 1 is 0.789 bits per heavy atom. The van der Waals surface area contributed by atoms with Crippen molar-refractivity contribution in [1.82, 2.24) is 60.4 Å². The molecule has 3 aromatic carbocycles. The molecule has 6 atom stereocenters. The second-order valence-electron chi connectivity index (χ2n) is 23.9. The number of carbonyl (C=O) groups excluding carboxylic acids is 6. The van der Waals surface area contributed by atoms with E-state index in [0.717, 1.165) is 30.1 Å². The second kappa shape index (κ2) is 23.7. The van der Waals surface area contributed by atoms with Crippen molar-refractivity contribution in [2.75, 3.05) is 40.2 Å². The van der Waals surface area contributed by atoms with Crippen molar-refractivity contribution in [1.29, 1.82) is 5.41 Å². The molecule has 3 saturated heterocycles. The van der Waals surface area contributed by atoms with E-state index in [1.54, 1.807) is 64.9 Å². The van der Waals surface area contributed by atoms with Crippen LogP contribution in [-0.4, -0.2) is 129 Å². The SMILES string of the molecule is Cc1cc(NC(=O)C2CC(C)CN2C(=O)Cn2nc(C(N)=O)c3cc(-c4cnnc([NH+]5C=CC(c6ccc7c(c6)c(C(=N)[O-])nn7CC(=O)N6CC(C)CC6C(=O)Nc6cccnc6N6NC(=O)CC6C)=CN5)c4)ccc32)cc(N2CCc3ccccc3C2)n1. The first-order chi connectivity index (χ1) is 43.4. The Balaban J connectivity index is 0.669. The molecule has 90 heavy (non-hydrogen) atoms. The van der Waals surface area contributed by atoms with E-state index >= 15 is 0 Å². The minimum atomic E-state index is -1.03. The molecule has 0 aliphatic carbocycles. The zero-order valence-corrected chi connectivity index (χ0v) is 49.8. The molecule has 0 saturated carbocycles. The summed E-state index contributed by atoms with van der Waals surface area (Å²) in [5, 5.41) is 47.7. The number of fused-ring (bicyclic) bond motifs is 3. The fourth-order valence-electron chi connectivity index (χ4n) is 12.9. The van der Waals surface area contributed by atoms with Gasteiger partial charge in [0.2, 0.25) is 29.5 Å². The van der Waals surface area contributed by atoms with Gasteiger partial charge in [0.15, 0.2) is 11.5 Å². The van der Waals surface area contributed by atoms with Gasteiger partial charge in [0.1, 0.15) is 42.9 Å². The largest absolute Gasteiger partial charge is 0.858 e. The number of nitrogens with zero attached hydrogens (tertiary/aromatic N) is 12. The number of likely N-dealkylation sites (tertiary alicyclic amines) is 2. The van der Waals surface area contributed by atoms with Crippen LogP contribution in [0.1, 0.15) is 78.6 Å². The zero-order chi connectivity index (χ0) is 62.6. The van der Waals surface area contributed by atoms with Crippen molar-refractivity contribution in [2.45, 2.75) is 91.1 Å². The lowest BCUT2D eigenvalue weighted by Crippen LogP contribution is -3.09. The summed E-state index contributed by atoms with van der Waals surface area (Å²) in [4.78, 5) is 96.2. The first-order valence-electron chi connectivity index (χ1n) is 29.9. The number of nitrogens with two attached hydrogens (primary N) is 1. The second-order valence-corrected chi connectivity index (χ2v) is 23.9. The molecule has 6 amide bonds. The van der Waals surface area contributed by atoms with Crippen molar-refractivity contribution in [3.63, 3.8) is 0 Å². The smallest absolute Gasteiger partial charge is 0.274 e. The Hall–Kier alpha value is -10.9. The number of pyridine rings is 2. The zero-order valence-electron chi connectivity index (χ0n) is 49.8. The molecule has 3 fully saturated rings. The van der Waals surface area contributed by atoms with Gasteiger partial charge in [-0.25, -0.2) is 15.4 Å². The van der Waals surface area contributed by atoms with Crippen molar-refractivity contribution < 1.29 is 38.9 Å². The summed E-state index contributed by atoms with van der Waals surface area (Å²) >= 11 is 0. The molecule has 10 heterocycles. The third kappa shape index (κ3) is 11.4. The van der Waals surface area contributed by atoms with Gasteiger partial charge in [-0.2, -0.15) is 20.3 Å². The van der Waals surface area contributed by atoms with E-state index in [-0.39, 0.29) is 66.5 Å². The summed E-state index contributed by atoms with van der Waals surface area (Å²) in [6.07, 6.45) is 10.6. The normalized spacial score (nSPS) is 20.4. The van der Waals surface area contributed by atoms with Crippen LogP contribution in [0.2, 0.25) is 0 Å². The van der Waals surface area contributed by atoms with Gasteiger partial charge in [-0.3, -0.25) is 48.6 Å². The number of nitrogens with one attached hydrogen (secondary N) is 6. The van der Waals surface area contributed by atoms with Gasteiger partial charge in [-0.15, -0.1) is 0 Å². The average molecular weight is 1210 g/mol. The maximum Gasteiger partial charge on any atom is 0.274 e. The summed E-state index contributed by atoms with van der Waals surface area (Å²) in [5.74, 6) is -1.72. The number of carbonyl (C=O) groups is 6. The van der Waals surface area contributed by atoms with E-state index in [0.29, 0.717) is 99.0 Å². The number of hydrogen-bond acceptors (Lipinski definition) is 17. The molecule has 5 aliphatic heterocycles.